The number of carbonyl (C=O) groups excluding carboxylic acids is 2. The summed E-state index contributed by atoms with van der Waals surface area (Å²) < 4.78 is 0. The van der Waals surface area contributed by atoms with Gasteiger partial charge in [0.1, 0.15) is 11.5 Å². The molecular formula is C25H23N5O2. The van der Waals surface area contributed by atoms with Crippen molar-refractivity contribution in [3.05, 3.63) is 77.0 Å². The molecule has 0 saturated heterocycles. The summed E-state index contributed by atoms with van der Waals surface area (Å²) in [6, 6.07) is 17.5. The van der Waals surface area contributed by atoms with Gasteiger partial charge in [0, 0.05) is 22.0 Å². The van der Waals surface area contributed by atoms with Crippen molar-refractivity contribution in [1.29, 1.82) is 0 Å². The number of aromatic nitrogens is 3. The summed E-state index contributed by atoms with van der Waals surface area (Å²) in [5.41, 5.74) is 4.37. The van der Waals surface area contributed by atoms with Crippen LogP contribution >= 0.6 is 0 Å². The summed E-state index contributed by atoms with van der Waals surface area (Å²) in [6.45, 7) is 6.78. The van der Waals surface area contributed by atoms with E-state index in [-0.39, 0.29) is 11.3 Å². The van der Waals surface area contributed by atoms with Crippen LogP contribution in [0.2, 0.25) is 0 Å². The van der Waals surface area contributed by atoms with E-state index < -0.39 is 0 Å². The highest BCUT2D eigenvalue weighted by Gasteiger charge is 2.33. The van der Waals surface area contributed by atoms with Crippen LogP contribution in [-0.4, -0.2) is 27.0 Å². The van der Waals surface area contributed by atoms with E-state index in [4.69, 9.17) is 0 Å². The molecule has 2 aromatic heterocycles. The molecule has 0 saturated carbocycles. The highest BCUT2D eigenvalue weighted by Crippen LogP contribution is 2.38. The molecule has 0 aliphatic carbocycles. The van der Waals surface area contributed by atoms with Crippen molar-refractivity contribution in [3.8, 4) is 0 Å². The first-order valence-electron chi connectivity index (χ1n) is 10.4. The zero-order chi connectivity index (χ0) is 22.5. The molecule has 3 heterocycles. The first kappa shape index (κ1) is 19.8. The normalized spacial score (nSPS) is 13.3. The Labute approximate surface area is 185 Å². The lowest BCUT2D eigenvalue weighted by atomic mass is 9.87. The third-order valence-corrected chi connectivity index (χ3v) is 5.84. The maximum Gasteiger partial charge on any atom is 0.256 e. The van der Waals surface area contributed by atoms with E-state index in [1.165, 1.54) is 0 Å². The first-order chi connectivity index (χ1) is 15.3. The third-order valence-electron chi connectivity index (χ3n) is 5.84. The summed E-state index contributed by atoms with van der Waals surface area (Å²) in [6.07, 6.45) is 0. The number of H-pyrrole nitrogens is 2. The number of fused-ring (bicyclic) bond motifs is 2. The monoisotopic (exact) mass is 425 g/mol. The van der Waals surface area contributed by atoms with Gasteiger partial charge >= 0.3 is 0 Å². The maximum absolute atomic E-state index is 12.8. The van der Waals surface area contributed by atoms with E-state index in [0.29, 0.717) is 29.3 Å². The van der Waals surface area contributed by atoms with Crippen LogP contribution in [0.3, 0.4) is 0 Å². The highest BCUT2D eigenvalue weighted by atomic mass is 16.1. The molecule has 4 aromatic rings. The number of rotatable bonds is 3. The number of amides is 1. The summed E-state index contributed by atoms with van der Waals surface area (Å²) in [5, 5.41) is 11.1. The predicted molar refractivity (Wildman–Crippen MR) is 125 cm³/mol. The lowest BCUT2D eigenvalue weighted by Gasteiger charge is -2.19. The Morgan fingerprint density at radius 2 is 1.88 bits per heavy atom. The molecule has 0 fully saturated rings. The van der Waals surface area contributed by atoms with E-state index in [1.807, 2.05) is 65.4 Å². The van der Waals surface area contributed by atoms with Gasteiger partial charge in [-0.25, -0.2) is 4.79 Å². The number of nitrogens with one attached hydrogen (secondary N) is 3. The van der Waals surface area contributed by atoms with Crippen molar-refractivity contribution < 1.29 is 9.59 Å². The van der Waals surface area contributed by atoms with Gasteiger partial charge < -0.3 is 15.2 Å². The van der Waals surface area contributed by atoms with Gasteiger partial charge in [0.15, 0.2) is 17.5 Å². The molecule has 7 heteroatoms. The third kappa shape index (κ3) is 3.29. The summed E-state index contributed by atoms with van der Waals surface area (Å²) in [4.78, 5) is 29.8. The van der Waals surface area contributed by atoms with Crippen molar-refractivity contribution in [2.24, 2.45) is 0 Å². The Morgan fingerprint density at radius 1 is 1.12 bits per heavy atom. The molecule has 32 heavy (non-hydrogen) atoms. The second-order valence-electron chi connectivity index (χ2n) is 8.99. The molecule has 0 unspecified atom stereocenters. The Bertz CT molecular complexity index is 1350. The molecule has 3 N–H and O–H groups in total. The quantitative estimate of drug-likeness (QED) is 0.417. The fourth-order valence-electron chi connectivity index (χ4n) is 4.01. The molecule has 2 aromatic carbocycles. The predicted octanol–water partition coefficient (Wildman–Crippen LogP) is 4.63. The number of aromatic amines is 2. The van der Waals surface area contributed by atoms with Gasteiger partial charge in [-0.1, -0.05) is 51.1 Å². The van der Waals surface area contributed by atoms with Crippen LogP contribution in [0.5, 0.6) is 0 Å². The second-order valence-corrected chi connectivity index (χ2v) is 8.99. The molecule has 0 spiro atoms. The zero-order valence-electron chi connectivity index (χ0n) is 18.1. The molecule has 160 valence electrons. The van der Waals surface area contributed by atoms with Crippen molar-refractivity contribution in [2.45, 2.75) is 32.7 Å². The van der Waals surface area contributed by atoms with Gasteiger partial charge in [-0.15, -0.1) is 0 Å². The van der Waals surface area contributed by atoms with Crippen LogP contribution in [0.1, 0.15) is 48.0 Å². The lowest BCUT2D eigenvalue weighted by molar-refractivity contribution is 0.102. The van der Waals surface area contributed by atoms with Gasteiger partial charge in [0.05, 0.1) is 6.54 Å². The summed E-state index contributed by atoms with van der Waals surface area (Å²) >= 11 is 0. The number of hydrogen-bond donors (Lipinski definition) is 3. The van der Waals surface area contributed by atoms with E-state index in [0.717, 1.165) is 27.8 Å². The van der Waals surface area contributed by atoms with Gasteiger partial charge in [0.2, 0.25) is 0 Å². The fraction of sp³-hybridized carbons (Fsp3) is 0.200. The number of benzene rings is 2. The summed E-state index contributed by atoms with van der Waals surface area (Å²) in [7, 11) is 0. The molecule has 1 aliphatic rings. The SMILES string of the molecule is CC(C)(C)c1ccc(C(=O)Nc2n[nH]c3c2CN(c2cc4ccccc4[nH]2)C3=C=O)cc1. The van der Waals surface area contributed by atoms with Crippen molar-refractivity contribution in [2.75, 3.05) is 10.2 Å². The fourth-order valence-corrected chi connectivity index (χ4v) is 4.01. The first-order valence-corrected chi connectivity index (χ1v) is 10.4. The Morgan fingerprint density at radius 3 is 2.56 bits per heavy atom. The Balaban J connectivity index is 1.41. The minimum atomic E-state index is -0.250. The minimum absolute atomic E-state index is 0.0155. The molecule has 7 nitrogen and oxygen atoms in total. The number of carbonyl (C=O) groups is 1. The van der Waals surface area contributed by atoms with Crippen molar-refractivity contribution in [3.63, 3.8) is 0 Å². The maximum atomic E-state index is 12.8. The second kappa shape index (κ2) is 7.25. The zero-order valence-corrected chi connectivity index (χ0v) is 18.1. The Hall–Kier alpha value is -4.09. The molecule has 0 radical (unpaired) electrons. The van der Waals surface area contributed by atoms with Gasteiger partial charge in [-0.3, -0.25) is 9.89 Å². The van der Waals surface area contributed by atoms with Crippen molar-refractivity contribution in [1.82, 2.24) is 15.2 Å². The van der Waals surface area contributed by atoms with E-state index in [9.17, 15) is 9.59 Å². The van der Waals surface area contributed by atoms with Crippen LogP contribution in [0.4, 0.5) is 11.6 Å². The average molecular weight is 425 g/mol. The van der Waals surface area contributed by atoms with Gasteiger partial charge in [-0.05, 0) is 35.2 Å². The van der Waals surface area contributed by atoms with Crippen LogP contribution in [0, 0.1) is 0 Å². The van der Waals surface area contributed by atoms with Crippen molar-refractivity contribution >= 4 is 40.1 Å². The van der Waals surface area contributed by atoms with E-state index in [2.05, 4.69) is 41.3 Å². The molecule has 0 bridgehead atoms. The summed E-state index contributed by atoms with van der Waals surface area (Å²) in [5.74, 6) is 2.97. The molecule has 1 amide bonds. The van der Waals surface area contributed by atoms with E-state index >= 15 is 0 Å². The number of anilines is 2. The van der Waals surface area contributed by atoms with Crippen LogP contribution < -0.4 is 10.2 Å². The Kier molecular flexibility index (Phi) is 4.50. The molecule has 5 rings (SSSR count). The number of para-hydroxylation sites is 1. The van der Waals surface area contributed by atoms with Gasteiger partial charge in [0.25, 0.3) is 5.91 Å². The number of nitrogens with zero attached hydrogens (tertiary/aromatic N) is 2. The minimum Gasteiger partial charge on any atom is -0.341 e. The van der Waals surface area contributed by atoms with E-state index in [1.54, 1.807) is 0 Å². The van der Waals surface area contributed by atoms with Gasteiger partial charge in [-0.2, -0.15) is 5.10 Å². The largest absolute Gasteiger partial charge is 0.341 e. The van der Waals surface area contributed by atoms with Crippen LogP contribution in [0.15, 0.2) is 54.6 Å². The highest BCUT2D eigenvalue weighted by molar-refractivity contribution is 6.06. The molecular weight excluding hydrogens is 402 g/mol. The standard InChI is InChI=1S/C25H23N5O2/c1-25(2,3)17-10-8-15(9-11-17)24(32)27-23-18-13-30(20(14-31)22(18)28-29-23)21-12-16-6-4-5-7-19(16)26-21/h4-12,26H,13H2,1-3H3,(H2,27,28,29,32). The number of hydrogen-bond acceptors (Lipinski definition) is 4. The van der Waals surface area contributed by atoms with Crippen LogP contribution in [0.25, 0.3) is 16.6 Å². The molecule has 0 atom stereocenters. The molecule has 1 aliphatic heterocycles. The average Bonchev–Trinajstić information content (AvgIpc) is 3.46. The topological polar surface area (TPSA) is 93.9 Å². The lowest BCUT2D eigenvalue weighted by Crippen LogP contribution is -2.17. The smallest absolute Gasteiger partial charge is 0.256 e. The van der Waals surface area contributed by atoms with Crippen LogP contribution in [-0.2, 0) is 16.8 Å².